The minimum Gasteiger partial charge on any atom is -0.330 e. The van der Waals surface area contributed by atoms with E-state index < -0.39 is 6.04 Å². The third-order valence-electron chi connectivity index (χ3n) is 7.23. The SMILES string of the molecule is N#C[C@@H]1CCCN1C(=O)[C@@H](N)CN1CC2C[C@@H]1C(=O)N2[C@@H]1CCc2cc(F)ccc21. The van der Waals surface area contributed by atoms with Crippen LogP contribution in [0.25, 0.3) is 0 Å². The lowest BCUT2D eigenvalue weighted by molar-refractivity contribution is -0.141. The van der Waals surface area contributed by atoms with Gasteiger partial charge in [-0.3, -0.25) is 14.5 Å². The lowest BCUT2D eigenvalue weighted by atomic mass is 10.1. The van der Waals surface area contributed by atoms with Crippen molar-refractivity contribution in [1.82, 2.24) is 14.7 Å². The van der Waals surface area contributed by atoms with Crippen LogP contribution >= 0.6 is 0 Å². The molecule has 3 saturated heterocycles. The van der Waals surface area contributed by atoms with Crippen LogP contribution in [0.3, 0.4) is 0 Å². The van der Waals surface area contributed by atoms with Crippen LogP contribution < -0.4 is 5.73 Å². The fourth-order valence-electron chi connectivity index (χ4n) is 5.86. The highest BCUT2D eigenvalue weighted by molar-refractivity contribution is 5.87. The number of aryl methyl sites for hydroxylation is 1. The minimum absolute atomic E-state index is 0.0153. The van der Waals surface area contributed by atoms with Crippen LogP contribution in [0.5, 0.6) is 0 Å². The second kappa shape index (κ2) is 7.33. The second-order valence-corrected chi connectivity index (χ2v) is 8.93. The number of hydrogen-bond acceptors (Lipinski definition) is 5. The molecule has 1 aliphatic carbocycles. The molecule has 2 N–H and O–H groups in total. The van der Waals surface area contributed by atoms with Gasteiger partial charge in [0.15, 0.2) is 0 Å². The van der Waals surface area contributed by atoms with Crippen molar-refractivity contribution in [2.75, 3.05) is 19.6 Å². The van der Waals surface area contributed by atoms with E-state index in [0.29, 0.717) is 26.1 Å². The number of carbonyl (C=O) groups is 2. The number of piperazine rings is 1. The number of hydrogen-bond donors (Lipinski definition) is 1. The third kappa shape index (κ3) is 2.99. The van der Waals surface area contributed by atoms with Gasteiger partial charge in [0, 0.05) is 25.7 Å². The van der Waals surface area contributed by atoms with Crippen LogP contribution in [0.2, 0.25) is 0 Å². The first-order valence-corrected chi connectivity index (χ1v) is 10.8. The van der Waals surface area contributed by atoms with Crippen LogP contribution in [0.4, 0.5) is 4.39 Å². The molecular formula is C22H26FN5O2. The Morgan fingerprint density at radius 1 is 1.33 bits per heavy atom. The molecular weight excluding hydrogens is 385 g/mol. The molecule has 1 unspecified atom stereocenters. The number of nitriles is 1. The molecule has 5 atom stereocenters. The molecule has 158 valence electrons. The minimum atomic E-state index is -0.727. The molecule has 0 aromatic heterocycles. The van der Waals surface area contributed by atoms with E-state index in [0.717, 1.165) is 36.8 Å². The topological polar surface area (TPSA) is 93.7 Å². The van der Waals surface area contributed by atoms with Gasteiger partial charge in [-0.15, -0.1) is 0 Å². The Morgan fingerprint density at radius 3 is 2.93 bits per heavy atom. The number of nitrogens with two attached hydrogens (primary N) is 1. The Kier molecular flexibility index (Phi) is 4.75. The summed E-state index contributed by atoms with van der Waals surface area (Å²) in [4.78, 5) is 31.5. The fraction of sp³-hybridized carbons (Fsp3) is 0.591. The standard InChI is InChI=1S/C22H26FN5O2/c23-14-4-5-17-13(8-14)3-6-19(17)28-16-9-20(22(28)30)26(11-16)12-18(25)21(29)27-7-1-2-15(27)10-24/h4-5,8,15-16,18-20H,1-3,6-7,9,11-12,25H2/t15-,16?,18-,19+,20+/m0/s1. The maximum atomic E-state index is 13.5. The number of fused-ring (bicyclic) bond motifs is 3. The van der Waals surface area contributed by atoms with E-state index in [2.05, 4.69) is 6.07 Å². The Hall–Kier alpha value is -2.50. The summed E-state index contributed by atoms with van der Waals surface area (Å²) in [5, 5.41) is 9.22. The zero-order valence-electron chi connectivity index (χ0n) is 16.8. The summed E-state index contributed by atoms with van der Waals surface area (Å²) in [5.41, 5.74) is 8.26. The molecule has 3 fully saturated rings. The first-order valence-electron chi connectivity index (χ1n) is 10.8. The summed E-state index contributed by atoms with van der Waals surface area (Å²) in [6.07, 6.45) is 3.89. The number of amides is 2. The van der Waals surface area contributed by atoms with Crippen molar-refractivity contribution in [3.05, 3.63) is 35.1 Å². The van der Waals surface area contributed by atoms with E-state index in [-0.39, 0.29) is 41.8 Å². The van der Waals surface area contributed by atoms with Gasteiger partial charge in [-0.05, 0) is 55.4 Å². The molecule has 3 heterocycles. The molecule has 0 radical (unpaired) electrons. The molecule has 8 heteroatoms. The van der Waals surface area contributed by atoms with Crippen LogP contribution in [-0.2, 0) is 16.0 Å². The van der Waals surface area contributed by atoms with Gasteiger partial charge in [0.25, 0.3) is 0 Å². The van der Waals surface area contributed by atoms with E-state index >= 15 is 0 Å². The van der Waals surface area contributed by atoms with Gasteiger partial charge in [-0.2, -0.15) is 5.26 Å². The number of benzene rings is 1. The number of likely N-dealkylation sites (tertiary alicyclic amines) is 3. The highest BCUT2D eigenvalue weighted by Crippen LogP contribution is 2.43. The van der Waals surface area contributed by atoms with Gasteiger partial charge in [-0.25, -0.2) is 4.39 Å². The van der Waals surface area contributed by atoms with Gasteiger partial charge in [-0.1, -0.05) is 6.07 Å². The van der Waals surface area contributed by atoms with E-state index in [1.165, 1.54) is 6.07 Å². The average Bonchev–Trinajstić information content (AvgIpc) is 3.49. The molecule has 4 aliphatic rings. The summed E-state index contributed by atoms with van der Waals surface area (Å²) in [7, 11) is 0. The van der Waals surface area contributed by atoms with E-state index in [1.54, 1.807) is 11.0 Å². The summed E-state index contributed by atoms with van der Waals surface area (Å²) in [6, 6.07) is 5.80. The Morgan fingerprint density at radius 2 is 2.17 bits per heavy atom. The lowest BCUT2D eigenvalue weighted by Crippen LogP contribution is -2.56. The molecule has 30 heavy (non-hydrogen) atoms. The lowest BCUT2D eigenvalue weighted by Gasteiger charge is -2.38. The second-order valence-electron chi connectivity index (χ2n) is 8.93. The Bertz CT molecular complexity index is 931. The Labute approximate surface area is 175 Å². The summed E-state index contributed by atoms with van der Waals surface area (Å²) < 4.78 is 13.5. The number of rotatable bonds is 4. The van der Waals surface area contributed by atoms with E-state index in [9.17, 15) is 19.2 Å². The van der Waals surface area contributed by atoms with Crippen molar-refractivity contribution < 1.29 is 14.0 Å². The molecule has 2 bridgehead atoms. The molecule has 7 nitrogen and oxygen atoms in total. The maximum absolute atomic E-state index is 13.5. The van der Waals surface area contributed by atoms with Gasteiger partial charge < -0.3 is 15.5 Å². The van der Waals surface area contributed by atoms with Crippen LogP contribution in [-0.4, -0.2) is 70.3 Å². The predicted molar refractivity (Wildman–Crippen MR) is 106 cm³/mol. The third-order valence-corrected chi connectivity index (χ3v) is 7.23. The van der Waals surface area contributed by atoms with Gasteiger partial charge in [0.2, 0.25) is 11.8 Å². The molecule has 5 rings (SSSR count). The molecule has 0 saturated carbocycles. The van der Waals surface area contributed by atoms with Crippen molar-refractivity contribution in [3.63, 3.8) is 0 Å². The molecule has 1 aromatic rings. The fourth-order valence-corrected chi connectivity index (χ4v) is 5.86. The van der Waals surface area contributed by atoms with Crippen LogP contribution in [0.1, 0.15) is 42.9 Å². The van der Waals surface area contributed by atoms with Crippen molar-refractivity contribution in [2.24, 2.45) is 5.73 Å². The first-order chi connectivity index (χ1) is 14.5. The summed E-state index contributed by atoms with van der Waals surface area (Å²) in [5.74, 6) is -0.341. The maximum Gasteiger partial charge on any atom is 0.241 e. The van der Waals surface area contributed by atoms with Crippen molar-refractivity contribution in [1.29, 1.82) is 5.26 Å². The summed E-state index contributed by atoms with van der Waals surface area (Å²) in [6.45, 7) is 1.61. The highest BCUT2D eigenvalue weighted by Gasteiger charge is 2.53. The van der Waals surface area contributed by atoms with E-state index in [1.807, 2.05) is 15.9 Å². The highest BCUT2D eigenvalue weighted by atomic mass is 19.1. The average molecular weight is 411 g/mol. The van der Waals surface area contributed by atoms with Crippen molar-refractivity contribution in [3.8, 4) is 6.07 Å². The zero-order chi connectivity index (χ0) is 21.0. The quantitative estimate of drug-likeness (QED) is 0.796. The van der Waals surface area contributed by atoms with Gasteiger partial charge in [0.1, 0.15) is 11.9 Å². The molecule has 0 spiro atoms. The van der Waals surface area contributed by atoms with Gasteiger partial charge >= 0.3 is 0 Å². The Balaban J connectivity index is 1.25. The smallest absolute Gasteiger partial charge is 0.241 e. The monoisotopic (exact) mass is 411 g/mol. The predicted octanol–water partition coefficient (Wildman–Crippen LogP) is 0.940. The van der Waals surface area contributed by atoms with Crippen molar-refractivity contribution >= 4 is 11.8 Å². The largest absolute Gasteiger partial charge is 0.330 e. The first kappa shape index (κ1) is 19.5. The van der Waals surface area contributed by atoms with Crippen molar-refractivity contribution in [2.45, 2.75) is 62.3 Å². The van der Waals surface area contributed by atoms with Crippen LogP contribution in [0, 0.1) is 17.1 Å². The number of halogens is 1. The van der Waals surface area contributed by atoms with Gasteiger partial charge in [0.05, 0.1) is 24.2 Å². The van der Waals surface area contributed by atoms with E-state index in [4.69, 9.17) is 5.73 Å². The molecule has 3 aliphatic heterocycles. The van der Waals surface area contributed by atoms with Crippen LogP contribution in [0.15, 0.2) is 18.2 Å². The zero-order valence-corrected chi connectivity index (χ0v) is 16.8. The molecule has 2 amide bonds. The number of carbonyl (C=O) groups excluding carboxylic acids is 2. The number of nitrogens with zero attached hydrogens (tertiary/aromatic N) is 4. The summed E-state index contributed by atoms with van der Waals surface area (Å²) >= 11 is 0. The normalized spacial score (nSPS) is 31.3. The molecule has 1 aromatic carbocycles.